The first-order valence-electron chi connectivity index (χ1n) is 10.3. The molecule has 0 radical (unpaired) electrons. The number of hydrogen-bond donors (Lipinski definition) is 1. The van der Waals surface area contributed by atoms with Crippen LogP contribution < -0.4 is 10.4 Å². The van der Waals surface area contributed by atoms with Crippen LogP contribution in [-0.2, 0) is 10.8 Å². The molecule has 158 valence electrons. The third-order valence-electron chi connectivity index (χ3n) is 5.82. The Labute approximate surface area is 192 Å². The van der Waals surface area contributed by atoms with Crippen LogP contribution in [-0.4, -0.2) is 23.1 Å². The van der Waals surface area contributed by atoms with E-state index in [1.807, 2.05) is 60.7 Å². The van der Waals surface area contributed by atoms with E-state index in [1.54, 1.807) is 0 Å². The molecule has 1 N–H and O–H groups in total. The van der Waals surface area contributed by atoms with Gasteiger partial charge < -0.3 is 4.80 Å². The van der Waals surface area contributed by atoms with Crippen molar-refractivity contribution in [2.24, 2.45) is 0 Å². The molecular formula is C25H29BrO2SSi. The summed E-state index contributed by atoms with van der Waals surface area (Å²) in [5, 5.41) is 1.83. The summed E-state index contributed by atoms with van der Waals surface area (Å²) in [6.07, 6.45) is 2.70. The molecule has 1 unspecified atom stereocenters. The van der Waals surface area contributed by atoms with E-state index in [-0.39, 0.29) is 5.04 Å². The zero-order valence-corrected chi connectivity index (χ0v) is 21.0. The second kappa shape index (κ2) is 10.2. The fourth-order valence-electron chi connectivity index (χ4n) is 3.99. The highest BCUT2D eigenvalue weighted by molar-refractivity contribution is 9.10. The monoisotopic (exact) mass is 500 g/mol. The van der Waals surface area contributed by atoms with E-state index in [1.165, 1.54) is 0 Å². The van der Waals surface area contributed by atoms with Crippen molar-refractivity contribution in [2.45, 2.75) is 43.0 Å². The molecule has 30 heavy (non-hydrogen) atoms. The highest BCUT2D eigenvalue weighted by Crippen LogP contribution is 2.40. The Morgan fingerprint density at radius 3 is 1.83 bits per heavy atom. The van der Waals surface area contributed by atoms with E-state index in [9.17, 15) is 9.00 Å². The fourth-order valence-corrected chi connectivity index (χ4v) is 9.18. The summed E-state index contributed by atoms with van der Waals surface area (Å²) in [6.45, 7) is 4.37. The SMILES string of the molecule is CC(C)(CCCCS(=O)c1ccc(Br)cc1)[Si](O)(c1ccccc1)c1ccccc1. The van der Waals surface area contributed by atoms with Gasteiger partial charge >= 0.3 is 0 Å². The second-order valence-electron chi connectivity index (χ2n) is 8.29. The molecule has 0 fully saturated rings. The Balaban J connectivity index is 1.71. The second-order valence-corrected chi connectivity index (χ2v) is 14.7. The van der Waals surface area contributed by atoms with E-state index < -0.39 is 19.1 Å². The maximum Gasteiger partial charge on any atom is 0.258 e. The first-order chi connectivity index (χ1) is 14.3. The molecule has 1 atom stereocenters. The van der Waals surface area contributed by atoms with Crippen molar-refractivity contribution >= 4 is 45.4 Å². The van der Waals surface area contributed by atoms with Crippen molar-refractivity contribution in [3.8, 4) is 0 Å². The molecule has 3 rings (SSSR count). The first kappa shape index (κ1) is 23.1. The first-order valence-corrected chi connectivity index (χ1v) is 14.4. The molecule has 0 saturated carbocycles. The van der Waals surface area contributed by atoms with E-state index in [0.717, 1.165) is 39.0 Å². The summed E-state index contributed by atoms with van der Waals surface area (Å²) in [5.74, 6) is 0.647. The van der Waals surface area contributed by atoms with Crippen LogP contribution in [0.5, 0.6) is 0 Å². The highest BCUT2D eigenvalue weighted by Gasteiger charge is 2.49. The zero-order chi connectivity index (χ0) is 21.6. The molecule has 3 aromatic carbocycles. The van der Waals surface area contributed by atoms with Crippen LogP contribution in [0.4, 0.5) is 0 Å². The average Bonchev–Trinajstić information content (AvgIpc) is 2.77. The van der Waals surface area contributed by atoms with Gasteiger partial charge in [-0.3, -0.25) is 4.21 Å². The van der Waals surface area contributed by atoms with Crippen molar-refractivity contribution in [3.63, 3.8) is 0 Å². The van der Waals surface area contributed by atoms with Crippen LogP contribution in [0.3, 0.4) is 0 Å². The smallest absolute Gasteiger partial charge is 0.258 e. The molecule has 0 heterocycles. The van der Waals surface area contributed by atoms with Gasteiger partial charge in [0, 0.05) is 15.1 Å². The quantitative estimate of drug-likeness (QED) is 0.321. The largest absolute Gasteiger partial charge is 0.424 e. The lowest BCUT2D eigenvalue weighted by Gasteiger charge is -2.41. The zero-order valence-electron chi connectivity index (χ0n) is 17.6. The summed E-state index contributed by atoms with van der Waals surface area (Å²) in [6, 6.07) is 28.0. The predicted octanol–water partition coefficient (Wildman–Crippen LogP) is 5.26. The van der Waals surface area contributed by atoms with Gasteiger partial charge in [0.15, 0.2) is 0 Å². The van der Waals surface area contributed by atoms with Crippen molar-refractivity contribution in [3.05, 3.63) is 89.4 Å². The lowest BCUT2D eigenvalue weighted by Crippen LogP contribution is -2.65. The van der Waals surface area contributed by atoms with Crippen molar-refractivity contribution in [2.75, 3.05) is 5.75 Å². The molecule has 3 aromatic rings. The standard InChI is InChI=1S/C25H29BrO2SSi/c1-25(2,19-9-10-20-29(27)22-17-15-21(26)16-18-22)30(28,23-11-5-3-6-12-23)24-13-7-4-8-14-24/h3-8,11-18,28H,9-10,19-20H2,1-2H3. The molecule has 0 saturated heterocycles. The normalized spacial score (nSPS) is 13.2. The van der Waals surface area contributed by atoms with Crippen molar-refractivity contribution in [1.82, 2.24) is 0 Å². The number of hydrogen-bond acceptors (Lipinski definition) is 2. The van der Waals surface area contributed by atoms with Gasteiger partial charge in [-0.25, -0.2) is 0 Å². The summed E-state index contributed by atoms with van der Waals surface area (Å²) in [7, 11) is -3.94. The predicted molar refractivity (Wildman–Crippen MR) is 133 cm³/mol. The van der Waals surface area contributed by atoms with Crippen molar-refractivity contribution in [1.29, 1.82) is 0 Å². The van der Waals surface area contributed by atoms with E-state index >= 15 is 0 Å². The summed E-state index contributed by atoms with van der Waals surface area (Å²) >= 11 is 3.42. The highest BCUT2D eigenvalue weighted by atomic mass is 79.9. The molecule has 0 aromatic heterocycles. The molecule has 0 bridgehead atoms. The maximum absolute atomic E-state index is 12.6. The van der Waals surface area contributed by atoms with E-state index in [0.29, 0.717) is 5.75 Å². The van der Waals surface area contributed by atoms with Gasteiger partial charge in [0.2, 0.25) is 0 Å². The molecule has 5 heteroatoms. The van der Waals surface area contributed by atoms with Crippen LogP contribution in [0.25, 0.3) is 0 Å². The Hall–Kier alpha value is -1.53. The molecule has 0 aliphatic carbocycles. The summed E-state index contributed by atoms with van der Waals surface area (Å²) < 4.78 is 13.6. The van der Waals surface area contributed by atoms with Gasteiger partial charge in [0.25, 0.3) is 8.32 Å². The fraction of sp³-hybridized carbons (Fsp3) is 0.280. The third-order valence-corrected chi connectivity index (χ3v) is 12.4. The number of rotatable bonds is 9. The maximum atomic E-state index is 12.6. The minimum Gasteiger partial charge on any atom is -0.424 e. The Morgan fingerprint density at radius 1 is 0.833 bits per heavy atom. The van der Waals surface area contributed by atoms with Crippen molar-refractivity contribution < 1.29 is 9.00 Å². The van der Waals surface area contributed by atoms with Crippen LogP contribution in [0.2, 0.25) is 5.04 Å². The van der Waals surface area contributed by atoms with E-state index in [4.69, 9.17) is 0 Å². The molecule has 0 aliphatic rings. The third kappa shape index (κ3) is 5.20. The van der Waals surface area contributed by atoms with Crippen LogP contribution in [0.1, 0.15) is 33.1 Å². The number of unbranched alkanes of at least 4 members (excludes halogenated alkanes) is 1. The Bertz CT molecular complexity index is 920. The molecule has 2 nitrogen and oxygen atoms in total. The van der Waals surface area contributed by atoms with Gasteiger partial charge in [0.1, 0.15) is 0 Å². The lowest BCUT2D eigenvalue weighted by molar-refractivity contribution is 0.455. The minimum absolute atomic E-state index is 0.255. The van der Waals surface area contributed by atoms with Gasteiger partial charge in [-0.15, -0.1) is 0 Å². The molecule has 0 spiro atoms. The summed E-state index contributed by atoms with van der Waals surface area (Å²) in [5.41, 5.74) is 0. The average molecular weight is 502 g/mol. The van der Waals surface area contributed by atoms with Gasteiger partial charge in [-0.1, -0.05) is 96.9 Å². The number of benzene rings is 3. The number of halogens is 1. The van der Waals surface area contributed by atoms with Crippen LogP contribution >= 0.6 is 15.9 Å². The summed E-state index contributed by atoms with van der Waals surface area (Å²) in [4.78, 5) is 13.0. The van der Waals surface area contributed by atoms with Gasteiger partial charge in [0.05, 0.1) is 10.8 Å². The van der Waals surface area contributed by atoms with Gasteiger partial charge in [-0.2, -0.15) is 0 Å². The molecule has 0 amide bonds. The van der Waals surface area contributed by atoms with E-state index in [2.05, 4.69) is 54.0 Å². The van der Waals surface area contributed by atoms with Crippen LogP contribution in [0, 0.1) is 0 Å². The topological polar surface area (TPSA) is 37.3 Å². The minimum atomic E-state index is -2.96. The van der Waals surface area contributed by atoms with Gasteiger partial charge in [-0.05, 0) is 52.5 Å². The Morgan fingerprint density at radius 2 is 1.33 bits per heavy atom. The lowest BCUT2D eigenvalue weighted by atomic mass is 10.1. The Kier molecular flexibility index (Phi) is 7.85. The molecular weight excluding hydrogens is 472 g/mol. The van der Waals surface area contributed by atoms with Crippen LogP contribution in [0.15, 0.2) is 94.3 Å². The molecule has 0 aliphatic heterocycles.